The fourth-order valence-corrected chi connectivity index (χ4v) is 2.00. The van der Waals surface area contributed by atoms with Crippen molar-refractivity contribution in [2.45, 2.75) is 12.8 Å². The van der Waals surface area contributed by atoms with Crippen LogP contribution >= 0.6 is 0 Å². The van der Waals surface area contributed by atoms with Gasteiger partial charge in [0.2, 0.25) is 0 Å². The van der Waals surface area contributed by atoms with Gasteiger partial charge in [-0.3, -0.25) is 4.79 Å². The van der Waals surface area contributed by atoms with Gasteiger partial charge in [-0.05, 0) is 42.7 Å². The van der Waals surface area contributed by atoms with E-state index in [1.807, 2.05) is 18.2 Å². The standard InChI is InChI=1S/C16H17NO4/c18-9-3-5-11-4-1-6-12(10-11)17-16(21)13-7-2-8-14(19)15(13)20/h1-2,4,6-8,10,18-20H,3,5,9H2,(H,17,21). The molecule has 5 heteroatoms. The molecule has 0 aliphatic carbocycles. The Morgan fingerprint density at radius 2 is 1.86 bits per heavy atom. The number of hydrogen-bond donors (Lipinski definition) is 4. The van der Waals surface area contributed by atoms with Crippen molar-refractivity contribution in [3.8, 4) is 11.5 Å². The maximum absolute atomic E-state index is 12.1. The van der Waals surface area contributed by atoms with Gasteiger partial charge in [-0.1, -0.05) is 18.2 Å². The number of hydrogen-bond acceptors (Lipinski definition) is 4. The Morgan fingerprint density at radius 3 is 2.62 bits per heavy atom. The lowest BCUT2D eigenvalue weighted by molar-refractivity contribution is 0.102. The van der Waals surface area contributed by atoms with Crippen LogP contribution in [0.15, 0.2) is 42.5 Å². The van der Waals surface area contributed by atoms with E-state index in [1.54, 1.807) is 6.07 Å². The zero-order valence-corrected chi connectivity index (χ0v) is 11.4. The molecule has 2 aromatic carbocycles. The average molecular weight is 287 g/mol. The molecule has 0 spiro atoms. The third-order valence-corrected chi connectivity index (χ3v) is 3.07. The van der Waals surface area contributed by atoms with E-state index in [1.165, 1.54) is 18.2 Å². The van der Waals surface area contributed by atoms with Gasteiger partial charge in [0.1, 0.15) is 0 Å². The number of nitrogens with one attached hydrogen (secondary N) is 1. The summed E-state index contributed by atoms with van der Waals surface area (Å²) in [5.74, 6) is -1.27. The molecular formula is C16H17NO4. The number of carbonyl (C=O) groups excluding carboxylic acids is 1. The third-order valence-electron chi connectivity index (χ3n) is 3.07. The predicted octanol–water partition coefficient (Wildman–Crippen LogP) is 2.28. The van der Waals surface area contributed by atoms with E-state index < -0.39 is 11.7 Å². The second-order valence-electron chi connectivity index (χ2n) is 4.65. The van der Waals surface area contributed by atoms with Crippen LogP contribution in [-0.2, 0) is 6.42 Å². The summed E-state index contributed by atoms with van der Waals surface area (Å²) in [7, 11) is 0. The molecule has 0 saturated carbocycles. The number of anilines is 1. The molecular weight excluding hydrogens is 270 g/mol. The molecule has 0 bridgehead atoms. The van der Waals surface area contributed by atoms with Crippen LogP contribution < -0.4 is 5.32 Å². The molecule has 0 atom stereocenters. The first-order valence-electron chi connectivity index (χ1n) is 6.64. The summed E-state index contributed by atoms with van der Waals surface area (Å²) in [5, 5.41) is 30.6. The van der Waals surface area contributed by atoms with Crippen molar-refractivity contribution in [1.29, 1.82) is 0 Å². The number of aryl methyl sites for hydroxylation is 1. The Hall–Kier alpha value is -2.53. The van der Waals surface area contributed by atoms with E-state index in [2.05, 4.69) is 5.32 Å². The van der Waals surface area contributed by atoms with Crippen molar-refractivity contribution in [2.24, 2.45) is 0 Å². The van der Waals surface area contributed by atoms with E-state index in [-0.39, 0.29) is 17.9 Å². The number of aromatic hydroxyl groups is 2. The lowest BCUT2D eigenvalue weighted by atomic mass is 10.1. The molecule has 1 amide bonds. The van der Waals surface area contributed by atoms with Crippen molar-refractivity contribution in [1.82, 2.24) is 0 Å². The Bertz CT molecular complexity index is 640. The van der Waals surface area contributed by atoms with Gasteiger partial charge in [0.15, 0.2) is 11.5 Å². The quantitative estimate of drug-likeness (QED) is 0.635. The molecule has 0 aromatic heterocycles. The fraction of sp³-hybridized carbons (Fsp3) is 0.188. The van der Waals surface area contributed by atoms with E-state index in [9.17, 15) is 15.0 Å². The van der Waals surface area contributed by atoms with E-state index in [0.717, 1.165) is 12.0 Å². The van der Waals surface area contributed by atoms with Gasteiger partial charge in [-0.15, -0.1) is 0 Å². The van der Waals surface area contributed by atoms with E-state index >= 15 is 0 Å². The molecule has 2 aromatic rings. The first kappa shape index (κ1) is 14.9. The molecule has 0 aliphatic heterocycles. The van der Waals surface area contributed by atoms with Gasteiger partial charge >= 0.3 is 0 Å². The number of carbonyl (C=O) groups is 1. The van der Waals surface area contributed by atoms with Gasteiger partial charge < -0.3 is 20.6 Å². The van der Waals surface area contributed by atoms with Crippen molar-refractivity contribution < 1.29 is 20.1 Å². The normalized spacial score (nSPS) is 10.3. The van der Waals surface area contributed by atoms with Crippen LogP contribution in [0.5, 0.6) is 11.5 Å². The Balaban J connectivity index is 2.14. The molecule has 5 nitrogen and oxygen atoms in total. The van der Waals surface area contributed by atoms with Crippen molar-refractivity contribution in [3.63, 3.8) is 0 Å². The summed E-state index contributed by atoms with van der Waals surface area (Å²) < 4.78 is 0. The number of phenolic OH excluding ortho intramolecular Hbond substituents is 2. The maximum atomic E-state index is 12.1. The van der Waals surface area contributed by atoms with Crippen LogP contribution in [0.4, 0.5) is 5.69 Å². The minimum absolute atomic E-state index is 0.00996. The van der Waals surface area contributed by atoms with Crippen molar-refractivity contribution in [3.05, 3.63) is 53.6 Å². The number of benzene rings is 2. The smallest absolute Gasteiger partial charge is 0.259 e. The number of aliphatic hydroxyl groups excluding tert-OH is 1. The van der Waals surface area contributed by atoms with Crippen LogP contribution in [0, 0.1) is 0 Å². The largest absolute Gasteiger partial charge is 0.504 e. The number of aliphatic hydroxyl groups is 1. The molecule has 110 valence electrons. The molecule has 0 fully saturated rings. The predicted molar refractivity (Wildman–Crippen MR) is 79.6 cm³/mol. The summed E-state index contributed by atoms with van der Waals surface area (Å²) in [6.07, 6.45) is 1.38. The SMILES string of the molecule is O=C(Nc1cccc(CCCO)c1)c1cccc(O)c1O. The molecule has 2 rings (SSSR count). The molecule has 0 heterocycles. The Kier molecular flexibility index (Phi) is 4.79. The first-order chi connectivity index (χ1) is 10.1. The highest BCUT2D eigenvalue weighted by Gasteiger charge is 2.14. The Morgan fingerprint density at radius 1 is 1.10 bits per heavy atom. The highest BCUT2D eigenvalue weighted by molar-refractivity contribution is 6.06. The number of para-hydroxylation sites is 1. The monoisotopic (exact) mass is 287 g/mol. The number of rotatable bonds is 5. The van der Waals surface area contributed by atoms with E-state index in [0.29, 0.717) is 12.1 Å². The van der Waals surface area contributed by atoms with Crippen molar-refractivity contribution >= 4 is 11.6 Å². The van der Waals surface area contributed by atoms with Gasteiger partial charge in [0, 0.05) is 12.3 Å². The summed E-state index contributed by atoms with van der Waals surface area (Å²) in [6.45, 7) is 0.119. The highest BCUT2D eigenvalue weighted by Crippen LogP contribution is 2.28. The first-order valence-corrected chi connectivity index (χ1v) is 6.64. The summed E-state index contributed by atoms with van der Waals surface area (Å²) in [5.41, 5.74) is 1.61. The molecule has 0 aliphatic rings. The average Bonchev–Trinajstić information content (AvgIpc) is 2.48. The molecule has 0 radical (unpaired) electrons. The van der Waals surface area contributed by atoms with Gasteiger partial charge in [0.25, 0.3) is 5.91 Å². The van der Waals surface area contributed by atoms with Crippen LogP contribution in [0.2, 0.25) is 0 Å². The molecule has 21 heavy (non-hydrogen) atoms. The molecule has 4 N–H and O–H groups in total. The fourth-order valence-electron chi connectivity index (χ4n) is 2.00. The highest BCUT2D eigenvalue weighted by atomic mass is 16.3. The minimum atomic E-state index is -0.497. The van der Waals surface area contributed by atoms with Crippen LogP contribution in [0.1, 0.15) is 22.3 Å². The zero-order chi connectivity index (χ0) is 15.2. The second kappa shape index (κ2) is 6.76. The van der Waals surface area contributed by atoms with Crippen molar-refractivity contribution in [2.75, 3.05) is 11.9 Å². The second-order valence-corrected chi connectivity index (χ2v) is 4.65. The Labute approximate surface area is 122 Å². The van der Waals surface area contributed by atoms with Crippen LogP contribution in [0.25, 0.3) is 0 Å². The van der Waals surface area contributed by atoms with E-state index in [4.69, 9.17) is 5.11 Å². The summed E-state index contributed by atoms with van der Waals surface area (Å²) in [6, 6.07) is 11.5. The van der Waals surface area contributed by atoms with Gasteiger partial charge in [-0.2, -0.15) is 0 Å². The third kappa shape index (κ3) is 3.73. The van der Waals surface area contributed by atoms with Gasteiger partial charge in [-0.25, -0.2) is 0 Å². The number of phenols is 2. The zero-order valence-electron chi connectivity index (χ0n) is 11.4. The molecule has 0 unspecified atom stereocenters. The lowest BCUT2D eigenvalue weighted by Crippen LogP contribution is -2.12. The van der Waals surface area contributed by atoms with Crippen LogP contribution in [0.3, 0.4) is 0 Å². The molecule has 0 saturated heterocycles. The summed E-state index contributed by atoms with van der Waals surface area (Å²) in [4.78, 5) is 12.1. The topological polar surface area (TPSA) is 89.8 Å². The minimum Gasteiger partial charge on any atom is -0.504 e. The lowest BCUT2D eigenvalue weighted by Gasteiger charge is -2.09. The van der Waals surface area contributed by atoms with Gasteiger partial charge in [0.05, 0.1) is 5.56 Å². The number of amides is 1. The maximum Gasteiger partial charge on any atom is 0.259 e. The van der Waals surface area contributed by atoms with Crippen LogP contribution in [-0.4, -0.2) is 27.8 Å². The summed E-state index contributed by atoms with van der Waals surface area (Å²) >= 11 is 0.